The highest BCUT2D eigenvalue weighted by Gasteiger charge is 2.33. The molecule has 0 aliphatic carbocycles. The molecule has 0 saturated heterocycles. The SMILES string of the molecule is COCC(O)CCNc1ncccc1C(F)(F)F. The van der Waals surface area contributed by atoms with Gasteiger partial charge in [0.15, 0.2) is 0 Å². The van der Waals surface area contributed by atoms with Crippen LogP contribution in [0.5, 0.6) is 0 Å². The van der Waals surface area contributed by atoms with E-state index in [1.165, 1.54) is 19.4 Å². The maximum atomic E-state index is 12.6. The highest BCUT2D eigenvalue weighted by Crippen LogP contribution is 2.33. The van der Waals surface area contributed by atoms with Crippen LogP contribution in [0.15, 0.2) is 18.3 Å². The number of alkyl halides is 3. The molecular weight excluding hydrogens is 249 g/mol. The van der Waals surface area contributed by atoms with Crippen LogP contribution < -0.4 is 5.32 Å². The van der Waals surface area contributed by atoms with Gasteiger partial charge in [0.1, 0.15) is 5.82 Å². The van der Waals surface area contributed by atoms with Crippen molar-refractivity contribution in [2.24, 2.45) is 0 Å². The molecule has 18 heavy (non-hydrogen) atoms. The van der Waals surface area contributed by atoms with E-state index in [2.05, 4.69) is 10.3 Å². The zero-order valence-corrected chi connectivity index (χ0v) is 9.87. The number of methoxy groups -OCH3 is 1. The Balaban J connectivity index is 2.57. The minimum Gasteiger partial charge on any atom is -0.391 e. The monoisotopic (exact) mass is 264 g/mol. The van der Waals surface area contributed by atoms with Crippen LogP contribution >= 0.6 is 0 Å². The maximum absolute atomic E-state index is 12.6. The average molecular weight is 264 g/mol. The molecule has 0 saturated carbocycles. The molecule has 0 amide bonds. The number of anilines is 1. The molecular formula is C11H15F3N2O2. The molecule has 0 radical (unpaired) electrons. The molecule has 1 aromatic heterocycles. The van der Waals surface area contributed by atoms with E-state index in [1.807, 2.05) is 0 Å². The van der Waals surface area contributed by atoms with Gasteiger partial charge in [-0.3, -0.25) is 0 Å². The number of aliphatic hydroxyl groups excluding tert-OH is 1. The molecule has 0 aliphatic heterocycles. The van der Waals surface area contributed by atoms with Crippen molar-refractivity contribution >= 4 is 5.82 Å². The first-order valence-corrected chi connectivity index (χ1v) is 5.38. The lowest BCUT2D eigenvalue weighted by Gasteiger charge is -2.14. The van der Waals surface area contributed by atoms with Crippen molar-refractivity contribution in [1.29, 1.82) is 0 Å². The molecule has 1 unspecified atom stereocenters. The van der Waals surface area contributed by atoms with Gasteiger partial charge in [0.25, 0.3) is 0 Å². The summed E-state index contributed by atoms with van der Waals surface area (Å²) in [6.07, 6.45) is -3.59. The summed E-state index contributed by atoms with van der Waals surface area (Å²) in [6.45, 7) is 0.334. The summed E-state index contributed by atoms with van der Waals surface area (Å²) in [5.41, 5.74) is -0.814. The molecule has 2 N–H and O–H groups in total. The van der Waals surface area contributed by atoms with Crippen LogP contribution in [0.2, 0.25) is 0 Å². The van der Waals surface area contributed by atoms with Gasteiger partial charge in [0.2, 0.25) is 0 Å². The van der Waals surface area contributed by atoms with E-state index in [9.17, 15) is 18.3 Å². The molecule has 0 bridgehead atoms. The van der Waals surface area contributed by atoms with Gasteiger partial charge in [0.05, 0.1) is 18.3 Å². The van der Waals surface area contributed by atoms with E-state index < -0.39 is 17.8 Å². The van der Waals surface area contributed by atoms with E-state index >= 15 is 0 Å². The van der Waals surface area contributed by atoms with Gasteiger partial charge in [-0.2, -0.15) is 13.2 Å². The number of hydrogen-bond donors (Lipinski definition) is 2. The Bertz CT molecular complexity index is 372. The highest BCUT2D eigenvalue weighted by molar-refractivity contribution is 5.45. The molecule has 1 atom stereocenters. The summed E-state index contributed by atoms with van der Waals surface area (Å²) in [6, 6.07) is 2.19. The molecule has 1 heterocycles. The number of hydrogen-bond acceptors (Lipinski definition) is 4. The topological polar surface area (TPSA) is 54.4 Å². The normalized spacial score (nSPS) is 13.4. The summed E-state index contributed by atoms with van der Waals surface area (Å²) >= 11 is 0. The fraction of sp³-hybridized carbons (Fsp3) is 0.545. The first-order valence-electron chi connectivity index (χ1n) is 5.38. The van der Waals surface area contributed by atoms with Gasteiger partial charge in [-0.05, 0) is 18.6 Å². The van der Waals surface area contributed by atoms with Gasteiger partial charge >= 0.3 is 6.18 Å². The molecule has 1 aromatic rings. The average Bonchev–Trinajstić information content (AvgIpc) is 2.28. The Hall–Kier alpha value is -1.34. The number of aliphatic hydroxyl groups is 1. The molecule has 102 valence electrons. The van der Waals surface area contributed by atoms with Crippen LogP contribution in [0, 0.1) is 0 Å². The summed E-state index contributed by atoms with van der Waals surface area (Å²) in [5, 5.41) is 11.9. The minimum absolute atomic E-state index is 0.149. The summed E-state index contributed by atoms with van der Waals surface area (Å²) in [5.74, 6) is -0.227. The van der Waals surface area contributed by atoms with E-state index in [4.69, 9.17) is 4.74 Å². The quantitative estimate of drug-likeness (QED) is 0.824. The van der Waals surface area contributed by atoms with Crippen molar-refractivity contribution in [2.75, 3.05) is 25.6 Å². The van der Waals surface area contributed by atoms with Gasteiger partial charge in [-0.15, -0.1) is 0 Å². The van der Waals surface area contributed by atoms with Crippen LogP contribution in [0.25, 0.3) is 0 Å². The largest absolute Gasteiger partial charge is 0.419 e. The smallest absolute Gasteiger partial charge is 0.391 e. The summed E-state index contributed by atoms with van der Waals surface area (Å²) in [4.78, 5) is 3.64. The second-order valence-electron chi connectivity index (χ2n) is 3.72. The Morgan fingerprint density at radius 3 is 2.83 bits per heavy atom. The molecule has 0 spiro atoms. The van der Waals surface area contributed by atoms with Crippen molar-refractivity contribution < 1.29 is 23.0 Å². The Morgan fingerprint density at radius 2 is 2.22 bits per heavy atom. The number of nitrogens with zero attached hydrogens (tertiary/aromatic N) is 1. The standard InChI is InChI=1S/C11H15F3N2O2/c1-18-7-8(17)4-6-16-10-9(11(12,13)14)3-2-5-15-10/h2-3,5,8,17H,4,6-7H2,1H3,(H,15,16). The van der Waals surface area contributed by atoms with Crippen LogP contribution in [0.4, 0.5) is 19.0 Å². The number of aromatic nitrogens is 1. The van der Waals surface area contributed by atoms with E-state index in [0.29, 0.717) is 0 Å². The zero-order chi connectivity index (χ0) is 13.6. The molecule has 7 heteroatoms. The summed E-state index contributed by atoms with van der Waals surface area (Å²) < 4.78 is 42.5. The van der Waals surface area contributed by atoms with Crippen LogP contribution in [0.1, 0.15) is 12.0 Å². The van der Waals surface area contributed by atoms with Gasteiger partial charge < -0.3 is 15.2 Å². The molecule has 0 fully saturated rings. The van der Waals surface area contributed by atoms with Crippen molar-refractivity contribution in [3.8, 4) is 0 Å². The second-order valence-corrected chi connectivity index (χ2v) is 3.72. The molecule has 0 aliphatic rings. The maximum Gasteiger partial charge on any atom is 0.419 e. The number of halogens is 3. The first kappa shape index (κ1) is 14.7. The minimum atomic E-state index is -4.44. The first-order chi connectivity index (χ1) is 8.45. The predicted molar refractivity (Wildman–Crippen MR) is 60.2 cm³/mol. The van der Waals surface area contributed by atoms with E-state index in [1.54, 1.807) is 0 Å². The molecule has 0 aromatic carbocycles. The molecule has 1 rings (SSSR count). The zero-order valence-electron chi connectivity index (χ0n) is 9.87. The Labute approximate surface area is 103 Å². The lowest BCUT2D eigenvalue weighted by molar-refractivity contribution is -0.137. The predicted octanol–water partition coefficient (Wildman–Crippen LogP) is 1.91. The fourth-order valence-corrected chi connectivity index (χ4v) is 1.41. The summed E-state index contributed by atoms with van der Waals surface area (Å²) in [7, 11) is 1.44. The third-order valence-electron chi connectivity index (χ3n) is 2.24. The van der Waals surface area contributed by atoms with E-state index in [-0.39, 0.29) is 25.4 Å². The third kappa shape index (κ3) is 4.50. The third-order valence-corrected chi connectivity index (χ3v) is 2.24. The fourth-order valence-electron chi connectivity index (χ4n) is 1.41. The van der Waals surface area contributed by atoms with Gasteiger partial charge in [-0.1, -0.05) is 0 Å². The Kier molecular flexibility index (Phi) is 5.36. The van der Waals surface area contributed by atoms with Crippen molar-refractivity contribution in [3.63, 3.8) is 0 Å². The van der Waals surface area contributed by atoms with Crippen molar-refractivity contribution in [2.45, 2.75) is 18.7 Å². The van der Waals surface area contributed by atoms with Crippen LogP contribution in [-0.4, -0.2) is 36.5 Å². The number of rotatable bonds is 6. The lowest BCUT2D eigenvalue weighted by atomic mass is 10.2. The van der Waals surface area contributed by atoms with Gasteiger partial charge in [-0.25, -0.2) is 4.98 Å². The van der Waals surface area contributed by atoms with E-state index in [0.717, 1.165) is 6.07 Å². The molecule has 4 nitrogen and oxygen atoms in total. The number of ether oxygens (including phenoxy) is 1. The number of nitrogens with one attached hydrogen (secondary N) is 1. The van der Waals surface area contributed by atoms with Gasteiger partial charge in [0, 0.05) is 19.9 Å². The Morgan fingerprint density at radius 1 is 1.50 bits per heavy atom. The second kappa shape index (κ2) is 6.55. The number of pyridine rings is 1. The highest BCUT2D eigenvalue weighted by atomic mass is 19.4. The van der Waals surface area contributed by atoms with Crippen LogP contribution in [-0.2, 0) is 10.9 Å². The van der Waals surface area contributed by atoms with Crippen molar-refractivity contribution in [1.82, 2.24) is 4.98 Å². The van der Waals surface area contributed by atoms with Crippen LogP contribution in [0.3, 0.4) is 0 Å². The van der Waals surface area contributed by atoms with Crippen molar-refractivity contribution in [3.05, 3.63) is 23.9 Å². The lowest BCUT2D eigenvalue weighted by Crippen LogP contribution is -2.20.